The molecule has 1 aliphatic carbocycles. The molecule has 2 atom stereocenters. The Kier molecular flexibility index (Phi) is 6.82. The number of ether oxygens (including phenoxy) is 2. The standard InChI is InChI=1S/C35H36FN5O3/c1-2-22-4-3-5-23-16-26(42)17-29(30(22)23)27-8-9-28-32(31(27)36)38-34(39-33(28)41-18-24-6-7-25(19-41)37-24)44-21-35(10-11-35)20-40-12-14-43-15-13-40/h1,3-5,8-9,16-17,24-25,37,42H,6-7,10-15,18-21H2. The SMILES string of the molecule is C#Cc1cccc2cc(O)cc(-c3ccc4c(N5CC6CCC(C5)N6)nc(OCC5(CN6CCOCC6)CC5)nc4c3F)c12. The summed E-state index contributed by atoms with van der Waals surface area (Å²) in [6.07, 6.45) is 10.3. The third-order valence-corrected chi connectivity index (χ3v) is 9.82. The van der Waals surface area contributed by atoms with Crippen molar-refractivity contribution in [1.29, 1.82) is 0 Å². The van der Waals surface area contributed by atoms with Crippen molar-refractivity contribution >= 4 is 27.5 Å². The van der Waals surface area contributed by atoms with Gasteiger partial charge in [0.1, 0.15) is 17.1 Å². The number of phenols is 1. The second kappa shape index (κ2) is 10.9. The summed E-state index contributed by atoms with van der Waals surface area (Å²) < 4.78 is 28.7. The van der Waals surface area contributed by atoms with Crippen LogP contribution >= 0.6 is 0 Å². The summed E-state index contributed by atoms with van der Waals surface area (Å²) in [7, 11) is 0. The number of aromatic nitrogens is 2. The lowest BCUT2D eigenvalue weighted by Gasteiger charge is -2.34. The molecule has 0 spiro atoms. The van der Waals surface area contributed by atoms with Crippen LogP contribution in [-0.4, -0.2) is 84.6 Å². The number of halogens is 1. The second-order valence-electron chi connectivity index (χ2n) is 12.9. The first-order valence-corrected chi connectivity index (χ1v) is 15.7. The van der Waals surface area contributed by atoms with Crippen molar-refractivity contribution in [3.8, 4) is 35.2 Å². The summed E-state index contributed by atoms with van der Waals surface area (Å²) in [4.78, 5) is 14.3. The molecule has 4 heterocycles. The molecule has 2 bridgehead atoms. The molecule has 44 heavy (non-hydrogen) atoms. The molecule has 4 fully saturated rings. The Labute approximate surface area is 256 Å². The molecule has 4 aliphatic rings. The first-order valence-electron chi connectivity index (χ1n) is 15.7. The van der Waals surface area contributed by atoms with Crippen molar-refractivity contribution in [1.82, 2.24) is 20.2 Å². The molecular formula is C35H36FN5O3. The Balaban J connectivity index is 1.21. The van der Waals surface area contributed by atoms with Gasteiger partial charge in [-0.05, 0) is 60.9 Å². The number of aromatic hydroxyl groups is 1. The van der Waals surface area contributed by atoms with E-state index in [0.717, 1.165) is 77.0 Å². The predicted octanol–water partition coefficient (Wildman–Crippen LogP) is 4.71. The van der Waals surface area contributed by atoms with Crippen LogP contribution in [0.2, 0.25) is 0 Å². The molecule has 8 nitrogen and oxygen atoms in total. The van der Waals surface area contributed by atoms with Gasteiger partial charge in [0, 0.05) is 72.1 Å². The van der Waals surface area contributed by atoms with Crippen LogP contribution in [0.3, 0.4) is 0 Å². The van der Waals surface area contributed by atoms with Gasteiger partial charge in [0.25, 0.3) is 0 Å². The van der Waals surface area contributed by atoms with Gasteiger partial charge in [-0.1, -0.05) is 24.1 Å². The van der Waals surface area contributed by atoms with Crippen molar-refractivity contribution in [3.63, 3.8) is 0 Å². The summed E-state index contributed by atoms with van der Waals surface area (Å²) in [5.41, 5.74) is 1.76. The van der Waals surface area contributed by atoms with Crippen molar-refractivity contribution in [3.05, 3.63) is 53.8 Å². The highest BCUT2D eigenvalue weighted by atomic mass is 19.1. The van der Waals surface area contributed by atoms with Gasteiger partial charge in [-0.3, -0.25) is 4.90 Å². The van der Waals surface area contributed by atoms with E-state index in [1.165, 1.54) is 0 Å². The highest BCUT2D eigenvalue weighted by molar-refractivity contribution is 6.04. The van der Waals surface area contributed by atoms with Crippen LogP contribution < -0.4 is 15.0 Å². The molecule has 1 aromatic heterocycles. The zero-order valence-corrected chi connectivity index (χ0v) is 24.7. The molecule has 2 unspecified atom stereocenters. The van der Waals surface area contributed by atoms with Gasteiger partial charge in [-0.2, -0.15) is 9.97 Å². The van der Waals surface area contributed by atoms with E-state index < -0.39 is 5.82 Å². The van der Waals surface area contributed by atoms with Crippen LogP contribution in [0.1, 0.15) is 31.2 Å². The van der Waals surface area contributed by atoms with E-state index in [-0.39, 0.29) is 22.7 Å². The summed E-state index contributed by atoms with van der Waals surface area (Å²) in [6, 6.07) is 13.4. The van der Waals surface area contributed by atoms with Crippen LogP contribution in [0.25, 0.3) is 32.8 Å². The fraction of sp³-hybridized carbons (Fsp3) is 0.429. The van der Waals surface area contributed by atoms with Gasteiger partial charge in [-0.15, -0.1) is 6.42 Å². The molecule has 3 aliphatic heterocycles. The first kappa shape index (κ1) is 27.6. The summed E-state index contributed by atoms with van der Waals surface area (Å²) in [6.45, 7) is 6.44. The van der Waals surface area contributed by atoms with Gasteiger partial charge in [0.05, 0.1) is 19.8 Å². The van der Waals surface area contributed by atoms with Crippen LogP contribution in [0, 0.1) is 23.6 Å². The number of nitrogens with one attached hydrogen (secondary N) is 1. The van der Waals surface area contributed by atoms with Crippen LogP contribution in [0.4, 0.5) is 10.2 Å². The minimum Gasteiger partial charge on any atom is -0.508 e. The van der Waals surface area contributed by atoms with E-state index in [0.29, 0.717) is 52.0 Å². The summed E-state index contributed by atoms with van der Waals surface area (Å²) in [5, 5.41) is 16.4. The largest absolute Gasteiger partial charge is 0.508 e. The minimum absolute atomic E-state index is 0.0415. The zero-order valence-electron chi connectivity index (χ0n) is 24.7. The van der Waals surface area contributed by atoms with E-state index in [2.05, 4.69) is 21.0 Å². The van der Waals surface area contributed by atoms with E-state index >= 15 is 4.39 Å². The molecule has 1 saturated carbocycles. The monoisotopic (exact) mass is 593 g/mol. The smallest absolute Gasteiger partial charge is 0.319 e. The van der Waals surface area contributed by atoms with Crippen molar-refractivity contribution < 1.29 is 19.0 Å². The van der Waals surface area contributed by atoms with Crippen LogP contribution in [-0.2, 0) is 4.74 Å². The third-order valence-electron chi connectivity index (χ3n) is 9.82. The quantitative estimate of drug-likeness (QED) is 0.299. The Morgan fingerprint density at radius 1 is 1.07 bits per heavy atom. The lowest BCUT2D eigenvalue weighted by Crippen LogP contribution is -2.51. The molecule has 3 aromatic carbocycles. The summed E-state index contributed by atoms with van der Waals surface area (Å²) >= 11 is 0. The molecule has 2 N–H and O–H groups in total. The fourth-order valence-corrected chi connectivity index (χ4v) is 7.33. The maximum absolute atomic E-state index is 16.8. The van der Waals surface area contributed by atoms with E-state index in [1.54, 1.807) is 18.2 Å². The molecule has 3 saturated heterocycles. The van der Waals surface area contributed by atoms with E-state index in [1.807, 2.05) is 24.3 Å². The number of rotatable bonds is 7. The highest BCUT2D eigenvalue weighted by Crippen LogP contribution is 2.47. The maximum Gasteiger partial charge on any atom is 0.319 e. The highest BCUT2D eigenvalue weighted by Gasteiger charge is 2.45. The van der Waals surface area contributed by atoms with Crippen LogP contribution in [0.15, 0.2) is 42.5 Å². The average molecular weight is 594 g/mol. The second-order valence-corrected chi connectivity index (χ2v) is 12.9. The number of nitrogens with zero attached hydrogens (tertiary/aromatic N) is 4. The number of benzene rings is 3. The molecule has 0 amide bonds. The Morgan fingerprint density at radius 2 is 1.86 bits per heavy atom. The van der Waals surface area contributed by atoms with Crippen molar-refractivity contribution in [2.24, 2.45) is 5.41 Å². The number of hydrogen-bond donors (Lipinski definition) is 2. The molecule has 0 radical (unpaired) electrons. The predicted molar refractivity (Wildman–Crippen MR) is 169 cm³/mol. The first-order chi connectivity index (χ1) is 21.5. The maximum atomic E-state index is 16.8. The van der Waals surface area contributed by atoms with Gasteiger partial charge in [-0.25, -0.2) is 4.39 Å². The number of morpholine rings is 1. The fourth-order valence-electron chi connectivity index (χ4n) is 7.33. The molecule has 8 rings (SSSR count). The number of anilines is 1. The lowest BCUT2D eigenvalue weighted by molar-refractivity contribution is 0.0231. The normalized spacial score (nSPS) is 22.8. The third kappa shape index (κ3) is 5.01. The lowest BCUT2D eigenvalue weighted by atomic mass is 9.93. The molecule has 4 aromatic rings. The zero-order chi connectivity index (χ0) is 29.8. The van der Waals surface area contributed by atoms with Crippen LogP contribution in [0.5, 0.6) is 11.8 Å². The van der Waals surface area contributed by atoms with Gasteiger partial charge in [0.15, 0.2) is 5.82 Å². The topological polar surface area (TPSA) is 83.0 Å². The Bertz CT molecular complexity index is 1780. The average Bonchev–Trinajstić information content (AvgIpc) is 3.73. The van der Waals surface area contributed by atoms with Gasteiger partial charge < -0.3 is 24.8 Å². The number of hydrogen-bond acceptors (Lipinski definition) is 8. The van der Waals surface area contributed by atoms with Crippen molar-refractivity contribution in [2.75, 3.05) is 57.4 Å². The Morgan fingerprint density at radius 3 is 2.61 bits per heavy atom. The summed E-state index contributed by atoms with van der Waals surface area (Å²) in [5.74, 6) is 2.99. The van der Waals surface area contributed by atoms with E-state index in [9.17, 15) is 5.11 Å². The Hall–Kier alpha value is -3.97. The van der Waals surface area contributed by atoms with Gasteiger partial charge in [0.2, 0.25) is 0 Å². The minimum atomic E-state index is -0.484. The molecule has 9 heteroatoms. The molecular weight excluding hydrogens is 557 g/mol. The number of piperazine rings is 1. The van der Waals surface area contributed by atoms with Gasteiger partial charge >= 0.3 is 6.01 Å². The number of fused-ring (bicyclic) bond motifs is 4. The number of phenolic OH excluding ortho intramolecular Hbond substituents is 1. The van der Waals surface area contributed by atoms with E-state index in [4.69, 9.17) is 25.9 Å². The number of terminal acetylenes is 1. The molecule has 226 valence electrons. The van der Waals surface area contributed by atoms with Crippen molar-refractivity contribution in [2.45, 2.75) is 37.8 Å².